The van der Waals surface area contributed by atoms with E-state index in [4.69, 9.17) is 27.9 Å². The molecule has 1 fully saturated rings. The summed E-state index contributed by atoms with van der Waals surface area (Å²) >= 11 is 12.7. The Bertz CT molecular complexity index is 1330. The molecule has 12 heteroatoms. The van der Waals surface area contributed by atoms with Crippen molar-refractivity contribution in [1.29, 1.82) is 0 Å². The molecule has 9 nitrogen and oxygen atoms in total. The molecule has 0 aliphatic carbocycles. The van der Waals surface area contributed by atoms with Gasteiger partial charge in [0.25, 0.3) is 0 Å². The summed E-state index contributed by atoms with van der Waals surface area (Å²) in [4.78, 5) is 30.3. The van der Waals surface area contributed by atoms with Crippen molar-refractivity contribution < 1.29 is 22.7 Å². The second kappa shape index (κ2) is 12.0. The quantitative estimate of drug-likeness (QED) is 0.475. The summed E-state index contributed by atoms with van der Waals surface area (Å²) in [7, 11) is -3.61. The average molecular weight is 582 g/mol. The first kappa shape index (κ1) is 28.4. The van der Waals surface area contributed by atoms with Crippen molar-refractivity contribution in [3.05, 3.63) is 75.4 Å². The number of carbonyl (C=O) groups excluding carboxylic acids is 2. The number of halogens is 2. The zero-order chi connectivity index (χ0) is 27.4. The highest BCUT2D eigenvalue weighted by Crippen LogP contribution is 2.38. The topological polar surface area (TPSA) is 99.3 Å². The fraction of sp³-hybridized carbons (Fsp3) is 0.385. The van der Waals surface area contributed by atoms with Crippen LogP contribution in [0.5, 0.6) is 0 Å². The van der Waals surface area contributed by atoms with E-state index >= 15 is 0 Å². The van der Waals surface area contributed by atoms with E-state index in [1.807, 2.05) is 11.8 Å². The van der Waals surface area contributed by atoms with E-state index in [0.29, 0.717) is 35.9 Å². The standard InChI is InChI=1S/C26H30Cl2N4O5S/c1-3-32-21(17-30-13-15-31(16-14-30)38(35,36)18-9-6-5-7-10-18)22(25(33)37-4-2)24(29-26(32)34)19-11-8-12-20(27)23(19)28/h5-12,24H,3-4,13-17H2,1-2H3,(H,29,34)/t24-/m1/s1. The molecule has 0 spiro atoms. The number of amides is 2. The maximum atomic E-state index is 13.3. The molecule has 0 unspecified atom stereocenters. The minimum atomic E-state index is -3.61. The third kappa shape index (κ3) is 5.69. The molecule has 0 bridgehead atoms. The number of hydrogen-bond acceptors (Lipinski definition) is 6. The summed E-state index contributed by atoms with van der Waals surface area (Å²) in [5.74, 6) is -0.563. The SMILES string of the molecule is CCOC(=O)C1=C(CN2CCN(S(=O)(=O)c3ccccc3)CC2)N(CC)C(=O)N[C@@H]1c1cccc(Cl)c1Cl. The number of ether oxygens (including phenoxy) is 1. The van der Waals surface area contributed by atoms with Gasteiger partial charge in [0, 0.05) is 45.0 Å². The van der Waals surface area contributed by atoms with E-state index in [9.17, 15) is 18.0 Å². The molecule has 4 rings (SSSR count). The number of urea groups is 1. The number of hydrogen-bond donors (Lipinski definition) is 1. The van der Waals surface area contributed by atoms with Gasteiger partial charge in [-0.2, -0.15) is 4.31 Å². The van der Waals surface area contributed by atoms with Gasteiger partial charge in [0.05, 0.1) is 33.2 Å². The summed E-state index contributed by atoms with van der Waals surface area (Å²) < 4.78 is 33.0. The van der Waals surface area contributed by atoms with Crippen molar-refractivity contribution in [3.63, 3.8) is 0 Å². The van der Waals surface area contributed by atoms with Gasteiger partial charge in [0.15, 0.2) is 0 Å². The van der Waals surface area contributed by atoms with Gasteiger partial charge >= 0.3 is 12.0 Å². The Hall–Kier alpha value is -2.63. The first-order valence-corrected chi connectivity index (χ1v) is 14.6. The number of benzene rings is 2. The van der Waals surface area contributed by atoms with E-state index < -0.39 is 22.0 Å². The molecule has 38 heavy (non-hydrogen) atoms. The predicted octanol–water partition coefficient (Wildman–Crippen LogP) is 3.90. The predicted molar refractivity (Wildman–Crippen MR) is 145 cm³/mol. The monoisotopic (exact) mass is 580 g/mol. The van der Waals surface area contributed by atoms with Gasteiger partial charge in [-0.05, 0) is 37.6 Å². The lowest BCUT2D eigenvalue weighted by Gasteiger charge is -2.40. The number of nitrogens with one attached hydrogen (secondary N) is 1. The highest BCUT2D eigenvalue weighted by Gasteiger charge is 2.40. The van der Waals surface area contributed by atoms with Crippen molar-refractivity contribution in [2.45, 2.75) is 24.8 Å². The van der Waals surface area contributed by atoms with Gasteiger partial charge in [-0.25, -0.2) is 18.0 Å². The summed E-state index contributed by atoms with van der Waals surface area (Å²) in [5.41, 5.74) is 1.26. The zero-order valence-corrected chi connectivity index (χ0v) is 23.5. The Labute approximate surface area is 233 Å². The number of nitrogens with zero attached hydrogens (tertiary/aromatic N) is 3. The number of esters is 1. The smallest absolute Gasteiger partial charge is 0.338 e. The summed E-state index contributed by atoms with van der Waals surface area (Å²) in [6, 6.07) is 12.2. The van der Waals surface area contributed by atoms with Gasteiger partial charge in [-0.3, -0.25) is 9.80 Å². The van der Waals surface area contributed by atoms with Crippen molar-refractivity contribution in [1.82, 2.24) is 19.4 Å². The number of rotatable bonds is 8. The van der Waals surface area contributed by atoms with Crippen molar-refractivity contribution in [2.24, 2.45) is 0 Å². The Morgan fingerprint density at radius 3 is 2.34 bits per heavy atom. The van der Waals surface area contributed by atoms with Gasteiger partial charge < -0.3 is 10.1 Å². The fourth-order valence-corrected chi connectivity index (χ4v) is 6.58. The molecule has 0 saturated carbocycles. The molecule has 1 N–H and O–H groups in total. The third-order valence-electron chi connectivity index (χ3n) is 6.63. The zero-order valence-electron chi connectivity index (χ0n) is 21.2. The highest BCUT2D eigenvalue weighted by atomic mass is 35.5. The van der Waals surface area contributed by atoms with E-state index in [2.05, 4.69) is 5.32 Å². The van der Waals surface area contributed by atoms with Gasteiger partial charge in [0.2, 0.25) is 10.0 Å². The van der Waals surface area contributed by atoms with Crippen LogP contribution in [0.3, 0.4) is 0 Å². The van der Waals surface area contributed by atoms with Crippen LogP contribution in [0.15, 0.2) is 64.7 Å². The molecule has 0 radical (unpaired) electrons. The molecule has 0 aromatic heterocycles. The van der Waals surface area contributed by atoms with Gasteiger partial charge in [-0.1, -0.05) is 53.5 Å². The van der Waals surface area contributed by atoms with Crippen LogP contribution in [0, 0.1) is 0 Å². The second-order valence-electron chi connectivity index (χ2n) is 8.84. The maximum absolute atomic E-state index is 13.3. The molecule has 204 valence electrons. The Kier molecular flexibility index (Phi) is 9.00. The lowest BCUT2D eigenvalue weighted by Crippen LogP contribution is -2.53. The Morgan fingerprint density at radius 2 is 1.71 bits per heavy atom. The average Bonchev–Trinajstić information content (AvgIpc) is 2.91. The number of likely N-dealkylation sites (N-methyl/N-ethyl adjacent to an activating group) is 1. The maximum Gasteiger partial charge on any atom is 0.338 e. The summed E-state index contributed by atoms with van der Waals surface area (Å²) in [5, 5.41) is 3.43. The van der Waals surface area contributed by atoms with Gasteiger partial charge in [-0.15, -0.1) is 0 Å². The number of piperazine rings is 1. The molecule has 2 aliphatic rings. The third-order valence-corrected chi connectivity index (χ3v) is 9.37. The van der Waals surface area contributed by atoms with Crippen LogP contribution in [-0.4, -0.2) is 80.4 Å². The molecule has 2 aromatic carbocycles. The molecule has 2 heterocycles. The van der Waals surface area contributed by atoms with Crippen molar-refractivity contribution in [2.75, 3.05) is 45.9 Å². The lowest BCUT2D eigenvalue weighted by molar-refractivity contribution is -0.139. The van der Waals surface area contributed by atoms with Crippen LogP contribution in [0.2, 0.25) is 10.0 Å². The summed E-state index contributed by atoms with van der Waals surface area (Å²) in [6.45, 7) is 5.67. The number of sulfonamides is 1. The van der Waals surface area contributed by atoms with E-state index in [1.54, 1.807) is 55.5 Å². The Balaban J connectivity index is 1.65. The van der Waals surface area contributed by atoms with Crippen LogP contribution in [-0.2, 0) is 19.6 Å². The minimum absolute atomic E-state index is 0.154. The highest BCUT2D eigenvalue weighted by molar-refractivity contribution is 7.89. The van der Waals surface area contributed by atoms with Crippen LogP contribution in [0.25, 0.3) is 0 Å². The van der Waals surface area contributed by atoms with E-state index in [1.165, 1.54) is 9.21 Å². The molecule has 1 saturated heterocycles. The first-order chi connectivity index (χ1) is 18.2. The molecular formula is C26H30Cl2N4O5S. The molecule has 2 aromatic rings. The molecule has 2 aliphatic heterocycles. The fourth-order valence-electron chi connectivity index (χ4n) is 4.72. The largest absolute Gasteiger partial charge is 0.463 e. The molecule has 1 atom stereocenters. The first-order valence-electron chi connectivity index (χ1n) is 12.4. The Morgan fingerprint density at radius 1 is 1.03 bits per heavy atom. The summed E-state index contributed by atoms with van der Waals surface area (Å²) in [6.07, 6.45) is 0. The molecule has 2 amide bonds. The normalized spacial score (nSPS) is 19.4. The van der Waals surface area contributed by atoms with Crippen molar-refractivity contribution in [3.8, 4) is 0 Å². The van der Waals surface area contributed by atoms with Gasteiger partial charge in [0.1, 0.15) is 0 Å². The second-order valence-corrected chi connectivity index (χ2v) is 11.6. The number of carbonyl (C=O) groups is 2. The van der Waals surface area contributed by atoms with Crippen LogP contribution >= 0.6 is 23.2 Å². The minimum Gasteiger partial charge on any atom is -0.463 e. The van der Waals surface area contributed by atoms with Crippen LogP contribution in [0.4, 0.5) is 4.79 Å². The van der Waals surface area contributed by atoms with E-state index in [0.717, 1.165) is 0 Å². The lowest BCUT2D eigenvalue weighted by atomic mass is 9.94. The van der Waals surface area contributed by atoms with Crippen LogP contribution in [0.1, 0.15) is 25.5 Å². The van der Waals surface area contributed by atoms with Crippen LogP contribution < -0.4 is 5.32 Å². The van der Waals surface area contributed by atoms with E-state index in [-0.39, 0.29) is 47.8 Å². The molecular weight excluding hydrogens is 551 g/mol. The van der Waals surface area contributed by atoms with Crippen molar-refractivity contribution >= 4 is 45.2 Å².